The highest BCUT2D eigenvalue weighted by Crippen LogP contribution is 2.18. The molecule has 0 aromatic heterocycles. The highest BCUT2D eigenvalue weighted by atomic mass is 16.1. The van der Waals surface area contributed by atoms with E-state index in [-0.39, 0.29) is 5.91 Å². The Kier molecular flexibility index (Phi) is 5.01. The lowest BCUT2D eigenvalue weighted by molar-refractivity contribution is 0.0953. The number of carbonyl (C=O) groups is 1. The van der Waals surface area contributed by atoms with E-state index in [0.29, 0.717) is 0 Å². The third kappa shape index (κ3) is 3.77. The first-order chi connectivity index (χ1) is 8.06. The zero-order valence-corrected chi connectivity index (χ0v) is 11.2. The van der Waals surface area contributed by atoms with Crippen molar-refractivity contribution < 1.29 is 4.79 Å². The van der Waals surface area contributed by atoms with Gasteiger partial charge in [-0.25, -0.2) is 0 Å². The first kappa shape index (κ1) is 13.6. The van der Waals surface area contributed by atoms with Gasteiger partial charge in [0.15, 0.2) is 0 Å². The van der Waals surface area contributed by atoms with Gasteiger partial charge >= 0.3 is 0 Å². The fourth-order valence-corrected chi connectivity index (χ4v) is 1.78. The van der Waals surface area contributed by atoms with E-state index in [0.717, 1.165) is 36.2 Å². The molecular weight excluding hydrogens is 212 g/mol. The summed E-state index contributed by atoms with van der Waals surface area (Å²) in [6, 6.07) is 5.81. The van der Waals surface area contributed by atoms with Crippen molar-refractivity contribution in [3.05, 3.63) is 29.3 Å². The zero-order valence-electron chi connectivity index (χ0n) is 11.2. The minimum atomic E-state index is 0.0202. The van der Waals surface area contributed by atoms with Gasteiger partial charge in [0, 0.05) is 31.9 Å². The molecule has 17 heavy (non-hydrogen) atoms. The van der Waals surface area contributed by atoms with Gasteiger partial charge in [-0.15, -0.1) is 0 Å². The molecule has 1 aromatic carbocycles. The van der Waals surface area contributed by atoms with Gasteiger partial charge in [-0.05, 0) is 37.1 Å². The van der Waals surface area contributed by atoms with Crippen LogP contribution < -0.4 is 10.2 Å². The molecule has 0 spiro atoms. The van der Waals surface area contributed by atoms with Gasteiger partial charge in [0.05, 0.1) is 0 Å². The minimum absolute atomic E-state index is 0.0202. The lowest BCUT2D eigenvalue weighted by atomic mass is 10.1. The van der Waals surface area contributed by atoms with E-state index in [1.54, 1.807) is 0 Å². The van der Waals surface area contributed by atoms with Crippen LogP contribution in [0.2, 0.25) is 0 Å². The molecule has 0 aliphatic carbocycles. The van der Waals surface area contributed by atoms with Gasteiger partial charge in [-0.2, -0.15) is 0 Å². The predicted molar refractivity (Wildman–Crippen MR) is 72.7 cm³/mol. The molecule has 1 N–H and O–H groups in total. The summed E-state index contributed by atoms with van der Waals surface area (Å²) < 4.78 is 0. The van der Waals surface area contributed by atoms with Crippen molar-refractivity contribution in [1.29, 1.82) is 0 Å². The number of nitrogens with zero attached hydrogens (tertiary/aromatic N) is 1. The smallest absolute Gasteiger partial charge is 0.251 e. The molecule has 94 valence electrons. The molecule has 0 aliphatic rings. The zero-order chi connectivity index (χ0) is 12.8. The second-order valence-corrected chi connectivity index (χ2v) is 4.51. The van der Waals surface area contributed by atoms with Gasteiger partial charge in [-0.3, -0.25) is 4.79 Å². The summed E-state index contributed by atoms with van der Waals surface area (Å²) in [6.07, 6.45) is 2.12. The fourth-order valence-electron chi connectivity index (χ4n) is 1.78. The van der Waals surface area contributed by atoms with Crippen molar-refractivity contribution in [2.75, 3.05) is 25.5 Å². The number of amides is 1. The van der Waals surface area contributed by atoms with E-state index in [2.05, 4.69) is 12.2 Å². The Labute approximate surface area is 104 Å². The van der Waals surface area contributed by atoms with Gasteiger partial charge < -0.3 is 10.2 Å². The number of anilines is 1. The topological polar surface area (TPSA) is 32.3 Å². The van der Waals surface area contributed by atoms with Crippen LogP contribution >= 0.6 is 0 Å². The van der Waals surface area contributed by atoms with Crippen LogP contribution in [0, 0.1) is 6.92 Å². The molecule has 0 atom stereocenters. The molecule has 0 heterocycles. The molecule has 0 unspecified atom stereocenters. The maximum absolute atomic E-state index is 11.8. The van der Waals surface area contributed by atoms with Crippen molar-refractivity contribution in [2.24, 2.45) is 0 Å². The molecular formula is C14H22N2O. The number of nitrogens with one attached hydrogen (secondary N) is 1. The first-order valence-electron chi connectivity index (χ1n) is 6.12. The molecule has 0 fully saturated rings. The van der Waals surface area contributed by atoms with Crippen molar-refractivity contribution >= 4 is 11.6 Å². The molecule has 0 saturated heterocycles. The van der Waals surface area contributed by atoms with E-state index in [1.807, 2.05) is 44.1 Å². The SMILES string of the molecule is CCCCNC(=O)c1ccc(N(C)C)c(C)c1. The maximum Gasteiger partial charge on any atom is 0.251 e. The third-order valence-electron chi connectivity index (χ3n) is 2.76. The van der Waals surface area contributed by atoms with Crippen LogP contribution in [0.5, 0.6) is 0 Å². The lowest BCUT2D eigenvalue weighted by Gasteiger charge is -2.16. The average molecular weight is 234 g/mol. The normalized spacial score (nSPS) is 10.1. The number of carbonyl (C=O) groups excluding carboxylic acids is 1. The highest BCUT2D eigenvalue weighted by molar-refractivity contribution is 5.94. The Balaban J connectivity index is 2.72. The molecule has 1 rings (SSSR count). The van der Waals surface area contributed by atoms with Crippen LogP contribution in [-0.4, -0.2) is 26.5 Å². The molecule has 3 heteroatoms. The largest absolute Gasteiger partial charge is 0.377 e. The van der Waals surface area contributed by atoms with Crippen molar-refractivity contribution in [1.82, 2.24) is 5.32 Å². The van der Waals surface area contributed by atoms with Crippen molar-refractivity contribution in [3.8, 4) is 0 Å². The van der Waals surface area contributed by atoms with Crippen molar-refractivity contribution in [2.45, 2.75) is 26.7 Å². The number of hydrogen-bond donors (Lipinski definition) is 1. The summed E-state index contributed by atoms with van der Waals surface area (Å²) in [5.74, 6) is 0.0202. The molecule has 3 nitrogen and oxygen atoms in total. The fraction of sp³-hybridized carbons (Fsp3) is 0.500. The average Bonchev–Trinajstić information content (AvgIpc) is 2.28. The van der Waals surface area contributed by atoms with Crippen LogP contribution in [0.4, 0.5) is 5.69 Å². The van der Waals surface area contributed by atoms with Gasteiger partial charge in [0.2, 0.25) is 0 Å². The Morgan fingerprint density at radius 2 is 2.06 bits per heavy atom. The predicted octanol–water partition coefficient (Wildman–Crippen LogP) is 2.59. The van der Waals surface area contributed by atoms with Crippen LogP contribution in [0.3, 0.4) is 0 Å². The Hall–Kier alpha value is -1.51. The van der Waals surface area contributed by atoms with E-state index >= 15 is 0 Å². The van der Waals surface area contributed by atoms with Gasteiger partial charge in [0.25, 0.3) is 5.91 Å². The maximum atomic E-state index is 11.8. The Bertz CT molecular complexity index is 386. The summed E-state index contributed by atoms with van der Waals surface area (Å²) in [5, 5.41) is 2.92. The number of rotatable bonds is 5. The van der Waals surface area contributed by atoms with E-state index in [1.165, 1.54) is 0 Å². The Morgan fingerprint density at radius 1 is 1.35 bits per heavy atom. The lowest BCUT2D eigenvalue weighted by Crippen LogP contribution is -2.24. The number of unbranched alkanes of at least 4 members (excludes halogenated alkanes) is 1. The van der Waals surface area contributed by atoms with Gasteiger partial charge in [-0.1, -0.05) is 13.3 Å². The summed E-state index contributed by atoms with van der Waals surface area (Å²) in [5.41, 5.74) is 3.01. The molecule has 1 amide bonds. The van der Waals surface area contributed by atoms with E-state index in [4.69, 9.17) is 0 Å². The molecule has 0 aliphatic heterocycles. The van der Waals surface area contributed by atoms with Crippen molar-refractivity contribution in [3.63, 3.8) is 0 Å². The third-order valence-corrected chi connectivity index (χ3v) is 2.76. The number of hydrogen-bond acceptors (Lipinski definition) is 2. The quantitative estimate of drug-likeness (QED) is 0.794. The molecule has 0 bridgehead atoms. The molecule has 0 radical (unpaired) electrons. The monoisotopic (exact) mass is 234 g/mol. The van der Waals surface area contributed by atoms with Crippen LogP contribution in [0.1, 0.15) is 35.7 Å². The van der Waals surface area contributed by atoms with Gasteiger partial charge in [0.1, 0.15) is 0 Å². The first-order valence-corrected chi connectivity index (χ1v) is 6.12. The van der Waals surface area contributed by atoms with Crippen LogP contribution in [-0.2, 0) is 0 Å². The summed E-state index contributed by atoms with van der Waals surface area (Å²) in [4.78, 5) is 13.9. The van der Waals surface area contributed by atoms with Crippen LogP contribution in [0.25, 0.3) is 0 Å². The minimum Gasteiger partial charge on any atom is -0.377 e. The highest BCUT2D eigenvalue weighted by Gasteiger charge is 2.07. The second kappa shape index (κ2) is 6.28. The molecule has 1 aromatic rings. The standard InChI is InChI=1S/C14H22N2O/c1-5-6-9-15-14(17)12-7-8-13(16(3)4)11(2)10-12/h7-8,10H,5-6,9H2,1-4H3,(H,15,17). The second-order valence-electron chi connectivity index (χ2n) is 4.51. The summed E-state index contributed by atoms with van der Waals surface area (Å²) in [6.45, 7) is 4.89. The Morgan fingerprint density at radius 3 is 2.59 bits per heavy atom. The molecule has 0 saturated carbocycles. The number of aryl methyl sites for hydroxylation is 1. The van der Waals surface area contributed by atoms with E-state index < -0.39 is 0 Å². The number of benzene rings is 1. The van der Waals surface area contributed by atoms with E-state index in [9.17, 15) is 4.79 Å². The van der Waals surface area contributed by atoms with Crippen LogP contribution in [0.15, 0.2) is 18.2 Å². The summed E-state index contributed by atoms with van der Waals surface area (Å²) >= 11 is 0. The summed E-state index contributed by atoms with van der Waals surface area (Å²) in [7, 11) is 4.01.